The van der Waals surface area contributed by atoms with Gasteiger partial charge in [-0.05, 0) is 12.8 Å². The van der Waals surface area contributed by atoms with Gasteiger partial charge in [-0.2, -0.15) is 0 Å². The summed E-state index contributed by atoms with van der Waals surface area (Å²) in [6.45, 7) is 0.499. The van der Waals surface area contributed by atoms with Crippen LogP contribution < -0.4 is 0 Å². The van der Waals surface area contributed by atoms with Crippen molar-refractivity contribution in [1.29, 1.82) is 0 Å². The van der Waals surface area contributed by atoms with E-state index in [9.17, 15) is 8.42 Å². The fourth-order valence-electron chi connectivity index (χ4n) is 0.971. The lowest BCUT2D eigenvalue weighted by Crippen LogP contribution is -2.36. The third-order valence-corrected chi connectivity index (χ3v) is 3.26. The van der Waals surface area contributed by atoms with E-state index in [0.717, 1.165) is 17.3 Å². The molecule has 5 heteroatoms. The Bertz CT molecular complexity index is 199. The predicted octanol–water partition coefficient (Wildman–Crippen LogP) is -0.0266. The highest BCUT2D eigenvalue weighted by Crippen LogP contribution is 2.12. The van der Waals surface area contributed by atoms with Crippen molar-refractivity contribution in [2.24, 2.45) is 0 Å². The fraction of sp³-hybridized carbons (Fsp3) is 1.00. The molecular weight excluding hydrogens is 154 g/mol. The largest absolute Gasteiger partial charge is 0.288 e. The van der Waals surface area contributed by atoms with Gasteiger partial charge >= 0.3 is 0 Å². The number of hydrogen-bond donors (Lipinski definition) is 0. The van der Waals surface area contributed by atoms with Gasteiger partial charge in [-0.3, -0.25) is 4.84 Å². The third-order valence-electron chi connectivity index (χ3n) is 1.51. The molecule has 0 spiro atoms. The van der Waals surface area contributed by atoms with Gasteiger partial charge in [-0.15, -0.1) is 0 Å². The smallest absolute Gasteiger partial charge is 0.236 e. The van der Waals surface area contributed by atoms with E-state index in [1.165, 1.54) is 7.11 Å². The van der Waals surface area contributed by atoms with E-state index < -0.39 is 10.0 Å². The van der Waals surface area contributed by atoms with Gasteiger partial charge in [-0.1, -0.05) is 4.47 Å². The van der Waals surface area contributed by atoms with Crippen LogP contribution >= 0.6 is 0 Å². The maximum Gasteiger partial charge on any atom is 0.236 e. The molecule has 1 saturated heterocycles. The summed E-state index contributed by atoms with van der Waals surface area (Å²) in [6, 6.07) is 0. The first-order chi connectivity index (χ1) is 4.67. The van der Waals surface area contributed by atoms with Crippen LogP contribution in [-0.2, 0) is 14.9 Å². The Morgan fingerprint density at radius 2 is 2.10 bits per heavy atom. The summed E-state index contributed by atoms with van der Waals surface area (Å²) in [5.74, 6) is 0.223. The van der Waals surface area contributed by atoms with Crippen molar-refractivity contribution >= 4 is 10.0 Å². The zero-order valence-corrected chi connectivity index (χ0v) is 6.73. The maximum atomic E-state index is 11.0. The third kappa shape index (κ3) is 1.47. The van der Waals surface area contributed by atoms with Crippen LogP contribution in [0.25, 0.3) is 0 Å². The molecule has 0 atom stereocenters. The van der Waals surface area contributed by atoms with E-state index in [2.05, 4.69) is 4.84 Å². The molecule has 0 aliphatic carbocycles. The van der Waals surface area contributed by atoms with Gasteiger partial charge in [0.05, 0.1) is 12.9 Å². The first kappa shape index (κ1) is 7.97. The molecule has 0 bridgehead atoms. The maximum absolute atomic E-state index is 11.0. The molecule has 10 heavy (non-hydrogen) atoms. The van der Waals surface area contributed by atoms with Crippen molar-refractivity contribution in [3.8, 4) is 0 Å². The molecule has 0 aromatic heterocycles. The average Bonchev–Trinajstić information content (AvgIpc) is 1.87. The number of hydrogen-bond acceptors (Lipinski definition) is 3. The molecule has 0 saturated carbocycles. The van der Waals surface area contributed by atoms with Gasteiger partial charge in [-0.25, -0.2) is 8.42 Å². The molecule has 0 aromatic rings. The molecule has 1 aliphatic heterocycles. The SMILES string of the molecule is CON1CCCCS1(=O)=O. The topological polar surface area (TPSA) is 46.6 Å². The van der Waals surface area contributed by atoms with Crippen LogP contribution in [-0.4, -0.2) is 32.3 Å². The van der Waals surface area contributed by atoms with Crippen molar-refractivity contribution in [3.63, 3.8) is 0 Å². The second kappa shape index (κ2) is 2.86. The van der Waals surface area contributed by atoms with Crippen molar-refractivity contribution < 1.29 is 13.3 Å². The normalized spacial score (nSPS) is 26.5. The second-order valence-electron chi connectivity index (χ2n) is 2.23. The lowest BCUT2D eigenvalue weighted by molar-refractivity contribution is -0.0526. The Kier molecular flexibility index (Phi) is 2.28. The van der Waals surface area contributed by atoms with Crippen LogP contribution in [0, 0.1) is 0 Å². The Balaban J connectivity index is 2.70. The highest BCUT2D eigenvalue weighted by molar-refractivity contribution is 7.88. The highest BCUT2D eigenvalue weighted by Gasteiger charge is 2.25. The Labute approximate surface area is 60.8 Å². The summed E-state index contributed by atoms with van der Waals surface area (Å²) in [5.41, 5.74) is 0. The Morgan fingerprint density at radius 3 is 2.50 bits per heavy atom. The zero-order valence-electron chi connectivity index (χ0n) is 5.91. The molecular formula is C5H11NO3S. The second-order valence-corrected chi connectivity index (χ2v) is 4.21. The van der Waals surface area contributed by atoms with E-state index in [-0.39, 0.29) is 5.75 Å². The first-order valence-corrected chi connectivity index (χ1v) is 4.82. The lowest BCUT2D eigenvalue weighted by Gasteiger charge is -2.23. The van der Waals surface area contributed by atoms with Crippen LogP contribution in [0.2, 0.25) is 0 Å². The summed E-state index contributed by atoms with van der Waals surface area (Å²) in [4.78, 5) is 4.65. The molecule has 0 aromatic carbocycles. The van der Waals surface area contributed by atoms with Crippen LogP contribution in [0.5, 0.6) is 0 Å². The Morgan fingerprint density at radius 1 is 1.40 bits per heavy atom. The van der Waals surface area contributed by atoms with E-state index in [0.29, 0.717) is 6.54 Å². The van der Waals surface area contributed by atoms with Crippen LogP contribution in [0.1, 0.15) is 12.8 Å². The molecule has 0 N–H and O–H groups in total. The lowest BCUT2D eigenvalue weighted by atomic mass is 10.3. The summed E-state index contributed by atoms with van der Waals surface area (Å²) < 4.78 is 23.1. The van der Waals surface area contributed by atoms with E-state index in [1.807, 2.05) is 0 Å². The van der Waals surface area contributed by atoms with Crippen LogP contribution in [0.4, 0.5) is 0 Å². The van der Waals surface area contributed by atoms with Gasteiger partial charge in [0.25, 0.3) is 0 Å². The first-order valence-electron chi connectivity index (χ1n) is 3.21. The van der Waals surface area contributed by atoms with Crippen molar-refractivity contribution in [3.05, 3.63) is 0 Å². The average molecular weight is 165 g/mol. The minimum absolute atomic E-state index is 0.223. The number of sulfonamides is 1. The molecule has 0 radical (unpaired) electrons. The molecule has 0 unspecified atom stereocenters. The van der Waals surface area contributed by atoms with E-state index in [1.54, 1.807) is 0 Å². The van der Waals surface area contributed by atoms with E-state index >= 15 is 0 Å². The molecule has 1 rings (SSSR count). The summed E-state index contributed by atoms with van der Waals surface area (Å²) in [6.07, 6.45) is 1.65. The zero-order chi connectivity index (χ0) is 7.61. The molecule has 0 amide bonds. The van der Waals surface area contributed by atoms with Gasteiger partial charge in [0.15, 0.2) is 0 Å². The Hall–Kier alpha value is -0.130. The van der Waals surface area contributed by atoms with Crippen molar-refractivity contribution in [2.45, 2.75) is 12.8 Å². The predicted molar refractivity (Wildman–Crippen MR) is 36.7 cm³/mol. The number of rotatable bonds is 1. The number of nitrogens with zero attached hydrogens (tertiary/aromatic N) is 1. The summed E-state index contributed by atoms with van der Waals surface area (Å²) >= 11 is 0. The van der Waals surface area contributed by atoms with Crippen molar-refractivity contribution in [2.75, 3.05) is 19.4 Å². The minimum Gasteiger partial charge on any atom is -0.288 e. The van der Waals surface area contributed by atoms with Gasteiger partial charge in [0, 0.05) is 6.54 Å². The molecule has 1 fully saturated rings. The minimum atomic E-state index is -3.06. The van der Waals surface area contributed by atoms with Gasteiger partial charge in [0.2, 0.25) is 10.0 Å². The standard InChI is InChI=1S/C5H11NO3S/c1-9-6-4-2-3-5-10(6,7)8/h2-5H2,1H3. The summed E-state index contributed by atoms with van der Waals surface area (Å²) in [7, 11) is -1.68. The van der Waals surface area contributed by atoms with Crippen LogP contribution in [0.15, 0.2) is 0 Å². The monoisotopic (exact) mass is 165 g/mol. The molecule has 4 nitrogen and oxygen atoms in total. The highest BCUT2D eigenvalue weighted by atomic mass is 32.2. The summed E-state index contributed by atoms with van der Waals surface area (Å²) in [5, 5.41) is 0. The molecule has 1 heterocycles. The van der Waals surface area contributed by atoms with Gasteiger partial charge < -0.3 is 0 Å². The molecule has 60 valence electrons. The number of hydroxylamine groups is 1. The van der Waals surface area contributed by atoms with E-state index in [4.69, 9.17) is 0 Å². The van der Waals surface area contributed by atoms with Gasteiger partial charge in [0.1, 0.15) is 0 Å². The van der Waals surface area contributed by atoms with Crippen LogP contribution in [0.3, 0.4) is 0 Å². The fourth-order valence-corrected chi connectivity index (χ4v) is 2.38. The molecule has 1 aliphatic rings. The quantitative estimate of drug-likeness (QED) is 0.548. The van der Waals surface area contributed by atoms with Crippen molar-refractivity contribution in [1.82, 2.24) is 4.47 Å².